The van der Waals surface area contributed by atoms with Gasteiger partial charge in [-0.2, -0.15) is 13.2 Å². The number of carbonyl (C=O) groups excluding carboxylic acids is 1. The van der Waals surface area contributed by atoms with E-state index in [-0.39, 0.29) is 6.54 Å². The first-order valence-corrected chi connectivity index (χ1v) is 6.07. The lowest BCUT2D eigenvalue weighted by Crippen LogP contribution is -2.41. The second kappa shape index (κ2) is 5.61. The standard InChI is InChI=1S/C13H15F3N2O/c14-13(15,16)8-18-12(19)7-17-6-10-5-9-3-1-2-4-11(9)10/h1-4,10,17H,5-8H2,(H,18,19). The van der Waals surface area contributed by atoms with Crippen LogP contribution in [0.4, 0.5) is 13.2 Å². The van der Waals surface area contributed by atoms with Gasteiger partial charge in [-0.25, -0.2) is 0 Å². The van der Waals surface area contributed by atoms with Crippen LogP contribution in [-0.2, 0) is 11.2 Å². The molecule has 2 rings (SSSR count). The van der Waals surface area contributed by atoms with Gasteiger partial charge in [-0.05, 0) is 17.5 Å². The Hall–Kier alpha value is -1.56. The minimum Gasteiger partial charge on any atom is -0.346 e. The molecule has 1 atom stereocenters. The van der Waals surface area contributed by atoms with E-state index in [1.807, 2.05) is 23.5 Å². The number of hydrogen-bond acceptors (Lipinski definition) is 2. The molecule has 0 aliphatic heterocycles. The molecule has 2 N–H and O–H groups in total. The van der Waals surface area contributed by atoms with Gasteiger partial charge in [-0.15, -0.1) is 0 Å². The zero-order valence-electron chi connectivity index (χ0n) is 10.3. The number of carbonyl (C=O) groups is 1. The smallest absolute Gasteiger partial charge is 0.346 e. The number of rotatable bonds is 5. The summed E-state index contributed by atoms with van der Waals surface area (Å²) >= 11 is 0. The molecule has 0 heterocycles. The minimum absolute atomic E-state index is 0.0885. The van der Waals surface area contributed by atoms with Gasteiger partial charge in [0.1, 0.15) is 6.54 Å². The molecule has 1 aliphatic carbocycles. The van der Waals surface area contributed by atoms with Gasteiger partial charge >= 0.3 is 6.18 Å². The summed E-state index contributed by atoms with van der Waals surface area (Å²) in [7, 11) is 0. The third-order valence-corrected chi connectivity index (χ3v) is 3.12. The lowest BCUT2D eigenvalue weighted by molar-refractivity contribution is -0.137. The van der Waals surface area contributed by atoms with Crippen molar-refractivity contribution >= 4 is 5.91 Å². The second-order valence-corrected chi connectivity index (χ2v) is 4.62. The second-order valence-electron chi connectivity index (χ2n) is 4.62. The van der Waals surface area contributed by atoms with Crippen molar-refractivity contribution in [3.8, 4) is 0 Å². The number of amides is 1. The highest BCUT2D eigenvalue weighted by atomic mass is 19.4. The number of benzene rings is 1. The van der Waals surface area contributed by atoms with Crippen LogP contribution < -0.4 is 10.6 Å². The Balaban J connectivity index is 1.64. The maximum Gasteiger partial charge on any atom is 0.405 e. The third kappa shape index (κ3) is 3.96. The molecule has 0 fully saturated rings. The normalized spacial score (nSPS) is 17.5. The van der Waals surface area contributed by atoms with Gasteiger partial charge in [0.25, 0.3) is 0 Å². The Bertz CT molecular complexity index is 459. The molecule has 1 unspecified atom stereocenters. The molecule has 1 aliphatic rings. The fourth-order valence-corrected chi connectivity index (χ4v) is 2.17. The quantitative estimate of drug-likeness (QED) is 0.854. The van der Waals surface area contributed by atoms with E-state index in [9.17, 15) is 18.0 Å². The van der Waals surface area contributed by atoms with Gasteiger partial charge in [0, 0.05) is 12.5 Å². The van der Waals surface area contributed by atoms with E-state index in [0.717, 1.165) is 6.42 Å². The Kier molecular flexibility index (Phi) is 4.09. The first-order chi connectivity index (χ1) is 8.96. The topological polar surface area (TPSA) is 41.1 Å². The largest absolute Gasteiger partial charge is 0.405 e. The van der Waals surface area contributed by atoms with Gasteiger partial charge in [-0.3, -0.25) is 4.79 Å². The van der Waals surface area contributed by atoms with Crippen LogP contribution in [0.1, 0.15) is 17.0 Å². The molecule has 0 aromatic heterocycles. The van der Waals surface area contributed by atoms with E-state index in [4.69, 9.17) is 0 Å². The van der Waals surface area contributed by atoms with Gasteiger partial charge < -0.3 is 10.6 Å². The molecule has 3 nitrogen and oxygen atoms in total. The summed E-state index contributed by atoms with van der Waals surface area (Å²) in [5, 5.41) is 4.71. The molecule has 6 heteroatoms. The molecule has 1 amide bonds. The summed E-state index contributed by atoms with van der Waals surface area (Å²) < 4.78 is 35.6. The van der Waals surface area contributed by atoms with Crippen molar-refractivity contribution in [3.05, 3.63) is 35.4 Å². The van der Waals surface area contributed by atoms with Gasteiger partial charge in [0.2, 0.25) is 5.91 Å². The minimum atomic E-state index is -4.36. The van der Waals surface area contributed by atoms with E-state index < -0.39 is 18.6 Å². The molecule has 1 aromatic carbocycles. The van der Waals surface area contributed by atoms with Crippen LogP contribution in [0.2, 0.25) is 0 Å². The van der Waals surface area contributed by atoms with Gasteiger partial charge in [0.15, 0.2) is 0 Å². The molecule has 0 saturated carbocycles. The molecule has 0 radical (unpaired) electrons. The Labute approximate surface area is 109 Å². The molecule has 0 bridgehead atoms. The SMILES string of the molecule is O=C(CNCC1Cc2ccccc21)NCC(F)(F)F. The maximum absolute atomic E-state index is 11.9. The van der Waals surface area contributed by atoms with Crippen molar-refractivity contribution in [2.24, 2.45) is 0 Å². The molecular formula is C13H15F3N2O. The van der Waals surface area contributed by atoms with Crippen LogP contribution in [0.3, 0.4) is 0 Å². The van der Waals surface area contributed by atoms with Crippen molar-refractivity contribution in [2.75, 3.05) is 19.6 Å². The molecule has 0 saturated heterocycles. The lowest BCUT2D eigenvalue weighted by Gasteiger charge is -2.30. The highest BCUT2D eigenvalue weighted by Crippen LogP contribution is 2.33. The average molecular weight is 272 g/mol. The Morgan fingerprint density at radius 2 is 2.05 bits per heavy atom. The van der Waals surface area contributed by atoms with E-state index >= 15 is 0 Å². The predicted molar refractivity (Wildman–Crippen MR) is 64.8 cm³/mol. The molecular weight excluding hydrogens is 257 g/mol. The number of halogens is 3. The highest BCUT2D eigenvalue weighted by molar-refractivity contribution is 5.78. The van der Waals surface area contributed by atoms with E-state index in [0.29, 0.717) is 12.5 Å². The Morgan fingerprint density at radius 3 is 2.74 bits per heavy atom. The fraction of sp³-hybridized carbons (Fsp3) is 0.462. The van der Waals surface area contributed by atoms with Crippen molar-refractivity contribution in [2.45, 2.75) is 18.5 Å². The van der Waals surface area contributed by atoms with Crippen molar-refractivity contribution in [1.82, 2.24) is 10.6 Å². The number of alkyl halides is 3. The monoisotopic (exact) mass is 272 g/mol. The number of fused-ring (bicyclic) bond motifs is 1. The summed E-state index contributed by atoms with van der Waals surface area (Å²) in [6.07, 6.45) is -3.41. The predicted octanol–water partition coefficient (Wildman–Crippen LogP) is 1.59. The zero-order chi connectivity index (χ0) is 13.9. The summed E-state index contributed by atoms with van der Waals surface area (Å²) in [5.74, 6) is -0.281. The van der Waals surface area contributed by atoms with Gasteiger partial charge in [0.05, 0.1) is 6.54 Å². The molecule has 104 valence electrons. The van der Waals surface area contributed by atoms with Crippen LogP contribution in [0, 0.1) is 0 Å². The van der Waals surface area contributed by atoms with E-state index in [1.165, 1.54) is 11.1 Å². The molecule has 0 spiro atoms. The summed E-state index contributed by atoms with van der Waals surface area (Å²) in [6.45, 7) is -0.759. The summed E-state index contributed by atoms with van der Waals surface area (Å²) in [5.41, 5.74) is 2.56. The molecule has 19 heavy (non-hydrogen) atoms. The average Bonchev–Trinajstić information content (AvgIpc) is 2.31. The van der Waals surface area contributed by atoms with Crippen molar-refractivity contribution < 1.29 is 18.0 Å². The van der Waals surface area contributed by atoms with Gasteiger partial charge in [-0.1, -0.05) is 24.3 Å². The number of nitrogens with one attached hydrogen (secondary N) is 2. The van der Waals surface area contributed by atoms with E-state index in [2.05, 4.69) is 11.4 Å². The summed E-state index contributed by atoms with van der Waals surface area (Å²) in [4.78, 5) is 11.1. The van der Waals surface area contributed by atoms with Crippen LogP contribution >= 0.6 is 0 Å². The van der Waals surface area contributed by atoms with Crippen LogP contribution in [0.25, 0.3) is 0 Å². The van der Waals surface area contributed by atoms with E-state index in [1.54, 1.807) is 0 Å². The third-order valence-electron chi connectivity index (χ3n) is 3.12. The van der Waals surface area contributed by atoms with Crippen molar-refractivity contribution in [3.63, 3.8) is 0 Å². The van der Waals surface area contributed by atoms with Crippen LogP contribution in [0.5, 0.6) is 0 Å². The maximum atomic E-state index is 11.9. The van der Waals surface area contributed by atoms with Crippen molar-refractivity contribution in [1.29, 1.82) is 0 Å². The summed E-state index contributed by atoms with van der Waals surface area (Å²) in [6, 6.07) is 8.03. The fourth-order valence-electron chi connectivity index (χ4n) is 2.17. The zero-order valence-corrected chi connectivity index (χ0v) is 10.3. The highest BCUT2D eigenvalue weighted by Gasteiger charge is 2.28. The first-order valence-electron chi connectivity index (χ1n) is 6.07. The first kappa shape index (κ1) is 13.9. The molecule has 1 aromatic rings. The van der Waals surface area contributed by atoms with Crippen LogP contribution in [0.15, 0.2) is 24.3 Å². The lowest BCUT2D eigenvalue weighted by atomic mass is 9.78. The Morgan fingerprint density at radius 1 is 1.32 bits per heavy atom. The number of hydrogen-bond donors (Lipinski definition) is 2. The van der Waals surface area contributed by atoms with Crippen LogP contribution in [-0.4, -0.2) is 31.7 Å².